The predicted octanol–water partition coefficient (Wildman–Crippen LogP) is 6.20. The number of thiophene rings is 1. The average molecular weight is 437 g/mol. The summed E-state index contributed by atoms with van der Waals surface area (Å²) in [6.07, 6.45) is 3.47. The fourth-order valence-corrected chi connectivity index (χ4v) is 5.25. The van der Waals surface area contributed by atoms with Crippen LogP contribution in [0.2, 0.25) is 0 Å². The van der Waals surface area contributed by atoms with E-state index >= 15 is 0 Å². The van der Waals surface area contributed by atoms with E-state index in [-0.39, 0.29) is 5.97 Å². The van der Waals surface area contributed by atoms with Crippen molar-refractivity contribution in [1.29, 1.82) is 0 Å². The highest BCUT2D eigenvalue weighted by atomic mass is 32.1. The number of carbonyl (C=O) groups is 1. The average Bonchev–Trinajstić information content (AvgIpc) is 3.32. The molecule has 6 heteroatoms. The Labute approximate surface area is 186 Å². The smallest absolute Gasteiger partial charge is 0.341 e. The van der Waals surface area contributed by atoms with Crippen molar-refractivity contribution in [2.24, 2.45) is 0 Å². The molecule has 3 aromatic rings. The first kappa shape index (κ1) is 20.6. The van der Waals surface area contributed by atoms with Gasteiger partial charge in [-0.05, 0) is 74.2 Å². The molecule has 0 saturated carbocycles. The molecule has 2 aromatic carbocycles. The largest absolute Gasteiger partial charge is 0.462 e. The van der Waals surface area contributed by atoms with Crippen molar-refractivity contribution in [3.05, 3.63) is 70.1 Å². The Balaban J connectivity index is 1.61. The number of aryl methyl sites for hydroxylation is 3. The summed E-state index contributed by atoms with van der Waals surface area (Å²) in [7, 11) is 0. The Bertz CT molecular complexity index is 1090. The van der Waals surface area contributed by atoms with Gasteiger partial charge in [0.1, 0.15) is 10.6 Å². The minimum Gasteiger partial charge on any atom is -0.462 e. The van der Waals surface area contributed by atoms with Gasteiger partial charge < -0.3 is 15.4 Å². The van der Waals surface area contributed by atoms with Crippen molar-refractivity contribution >= 4 is 45.3 Å². The third-order valence-corrected chi connectivity index (χ3v) is 6.43. The third-order valence-electron chi connectivity index (χ3n) is 5.21. The van der Waals surface area contributed by atoms with Gasteiger partial charge in [0, 0.05) is 16.1 Å². The maximum absolute atomic E-state index is 12.8. The molecule has 30 heavy (non-hydrogen) atoms. The second-order valence-corrected chi connectivity index (χ2v) is 8.87. The molecule has 0 bridgehead atoms. The Morgan fingerprint density at radius 2 is 1.87 bits per heavy atom. The molecule has 0 fully saturated rings. The fourth-order valence-electron chi connectivity index (χ4n) is 3.90. The lowest BCUT2D eigenvalue weighted by Gasteiger charge is -2.13. The lowest BCUT2D eigenvalue weighted by molar-refractivity contribution is 0.0529. The number of nitrogens with one attached hydrogen (secondary N) is 2. The molecule has 1 aromatic heterocycles. The topological polar surface area (TPSA) is 50.4 Å². The van der Waals surface area contributed by atoms with Gasteiger partial charge in [-0.1, -0.05) is 36.4 Å². The standard InChI is InChI=1S/C24H24N2O2S2/c1-3-28-23(27)21-20(17-8-5-4-6-9-17)15(2)30-22(21)26-24(29)25-19-13-12-16-10-7-11-18(16)14-19/h4-6,8-9,12-14H,3,7,10-11H2,1-2H3,(H2,25,26,29). The van der Waals surface area contributed by atoms with Gasteiger partial charge in [0.25, 0.3) is 0 Å². The van der Waals surface area contributed by atoms with E-state index in [0.717, 1.165) is 34.5 Å². The van der Waals surface area contributed by atoms with Crippen LogP contribution in [0.25, 0.3) is 11.1 Å². The highest BCUT2D eigenvalue weighted by Gasteiger charge is 2.25. The van der Waals surface area contributed by atoms with E-state index in [4.69, 9.17) is 17.0 Å². The molecule has 0 radical (unpaired) electrons. The molecule has 4 rings (SSSR count). The van der Waals surface area contributed by atoms with E-state index in [1.807, 2.05) is 44.2 Å². The van der Waals surface area contributed by atoms with Crippen LogP contribution in [0.4, 0.5) is 10.7 Å². The number of hydrogen-bond donors (Lipinski definition) is 2. The van der Waals surface area contributed by atoms with Crippen LogP contribution in [-0.4, -0.2) is 17.7 Å². The quantitative estimate of drug-likeness (QED) is 0.368. The zero-order chi connectivity index (χ0) is 21.1. The summed E-state index contributed by atoms with van der Waals surface area (Å²) in [4.78, 5) is 13.9. The van der Waals surface area contributed by atoms with Crippen molar-refractivity contribution in [2.45, 2.75) is 33.1 Å². The highest BCUT2D eigenvalue weighted by molar-refractivity contribution is 7.80. The molecular formula is C24H24N2O2S2. The Morgan fingerprint density at radius 3 is 2.63 bits per heavy atom. The Hall–Kier alpha value is -2.70. The van der Waals surface area contributed by atoms with Crippen LogP contribution in [0.5, 0.6) is 0 Å². The predicted molar refractivity (Wildman–Crippen MR) is 129 cm³/mol. The lowest BCUT2D eigenvalue weighted by Crippen LogP contribution is -2.20. The van der Waals surface area contributed by atoms with Crippen LogP contribution in [0.1, 0.15) is 39.7 Å². The molecule has 1 aliphatic rings. The first-order chi connectivity index (χ1) is 14.6. The first-order valence-electron chi connectivity index (χ1n) is 10.1. The molecule has 154 valence electrons. The summed E-state index contributed by atoms with van der Waals surface area (Å²) in [6, 6.07) is 16.3. The van der Waals surface area contributed by atoms with Crippen molar-refractivity contribution in [1.82, 2.24) is 0 Å². The van der Waals surface area contributed by atoms with Crippen molar-refractivity contribution in [2.75, 3.05) is 17.2 Å². The van der Waals surface area contributed by atoms with Crippen molar-refractivity contribution in [3.8, 4) is 11.1 Å². The van der Waals surface area contributed by atoms with E-state index in [2.05, 4.69) is 28.8 Å². The van der Waals surface area contributed by atoms with E-state index in [1.54, 1.807) is 0 Å². The fraction of sp³-hybridized carbons (Fsp3) is 0.250. The number of carbonyl (C=O) groups excluding carboxylic acids is 1. The van der Waals surface area contributed by atoms with Crippen LogP contribution in [-0.2, 0) is 17.6 Å². The van der Waals surface area contributed by atoms with Gasteiger partial charge in [-0.25, -0.2) is 4.79 Å². The normalized spacial score (nSPS) is 12.3. The molecule has 0 spiro atoms. The van der Waals surface area contributed by atoms with Gasteiger partial charge in [0.2, 0.25) is 0 Å². The summed E-state index contributed by atoms with van der Waals surface area (Å²) >= 11 is 7.07. The molecule has 0 unspecified atom stereocenters. The molecule has 2 N–H and O–H groups in total. The number of rotatable bonds is 5. The van der Waals surface area contributed by atoms with Crippen LogP contribution >= 0.6 is 23.6 Å². The summed E-state index contributed by atoms with van der Waals surface area (Å²) in [5.74, 6) is -0.344. The Kier molecular flexibility index (Phi) is 6.16. The summed E-state index contributed by atoms with van der Waals surface area (Å²) in [5.41, 5.74) is 6.17. The number of fused-ring (bicyclic) bond motifs is 1. The molecule has 1 aliphatic carbocycles. The molecule has 0 amide bonds. The second kappa shape index (κ2) is 8.98. The number of benzene rings is 2. The minimum atomic E-state index is -0.344. The van der Waals surface area contributed by atoms with Gasteiger partial charge in [0.15, 0.2) is 5.11 Å². The summed E-state index contributed by atoms with van der Waals surface area (Å²) in [5, 5.41) is 7.65. The van der Waals surface area contributed by atoms with E-state index in [1.165, 1.54) is 28.9 Å². The molecule has 1 heterocycles. The number of hydrogen-bond acceptors (Lipinski definition) is 4. The van der Waals surface area contributed by atoms with Gasteiger partial charge in [0.05, 0.1) is 6.61 Å². The monoisotopic (exact) mass is 436 g/mol. The molecule has 0 atom stereocenters. The molecule has 0 aliphatic heterocycles. The molecule has 0 saturated heterocycles. The summed E-state index contributed by atoms with van der Waals surface area (Å²) < 4.78 is 5.36. The van der Waals surface area contributed by atoms with Gasteiger partial charge in [-0.15, -0.1) is 11.3 Å². The third kappa shape index (κ3) is 4.25. The lowest BCUT2D eigenvalue weighted by atomic mass is 10.0. The minimum absolute atomic E-state index is 0.319. The van der Waals surface area contributed by atoms with E-state index < -0.39 is 0 Å². The number of thiocarbonyl (C=S) groups is 1. The zero-order valence-electron chi connectivity index (χ0n) is 17.1. The molecule has 4 nitrogen and oxygen atoms in total. The van der Waals surface area contributed by atoms with E-state index in [9.17, 15) is 4.79 Å². The number of anilines is 2. The van der Waals surface area contributed by atoms with Crippen LogP contribution in [0, 0.1) is 6.92 Å². The van der Waals surface area contributed by atoms with Gasteiger partial charge in [-0.3, -0.25) is 0 Å². The Morgan fingerprint density at radius 1 is 1.10 bits per heavy atom. The van der Waals surface area contributed by atoms with Gasteiger partial charge >= 0.3 is 5.97 Å². The van der Waals surface area contributed by atoms with Crippen molar-refractivity contribution in [3.63, 3.8) is 0 Å². The first-order valence-corrected chi connectivity index (χ1v) is 11.3. The zero-order valence-corrected chi connectivity index (χ0v) is 18.7. The van der Waals surface area contributed by atoms with Gasteiger partial charge in [-0.2, -0.15) is 0 Å². The van der Waals surface area contributed by atoms with Crippen LogP contribution in [0.15, 0.2) is 48.5 Å². The molecular weight excluding hydrogens is 412 g/mol. The summed E-state index contributed by atoms with van der Waals surface area (Å²) in [6.45, 7) is 4.14. The highest BCUT2D eigenvalue weighted by Crippen LogP contribution is 2.40. The maximum atomic E-state index is 12.8. The number of esters is 1. The SMILES string of the molecule is CCOC(=O)c1c(NC(=S)Nc2ccc3c(c2)CCC3)sc(C)c1-c1ccccc1. The van der Waals surface area contributed by atoms with Crippen LogP contribution < -0.4 is 10.6 Å². The van der Waals surface area contributed by atoms with E-state index in [0.29, 0.717) is 22.3 Å². The van der Waals surface area contributed by atoms with Crippen molar-refractivity contribution < 1.29 is 9.53 Å². The second-order valence-electron chi connectivity index (χ2n) is 7.24. The maximum Gasteiger partial charge on any atom is 0.341 e. The van der Waals surface area contributed by atoms with Crippen LogP contribution in [0.3, 0.4) is 0 Å². The number of ether oxygens (including phenoxy) is 1.